The lowest BCUT2D eigenvalue weighted by Crippen LogP contribution is -2.52. The predicted octanol–water partition coefficient (Wildman–Crippen LogP) is 1.19. The number of carbonyl (C=O) groups excluding carboxylic acids is 2. The summed E-state index contributed by atoms with van der Waals surface area (Å²) in [6.07, 6.45) is 0. The van der Waals surface area contributed by atoms with Crippen LogP contribution in [0.3, 0.4) is 0 Å². The van der Waals surface area contributed by atoms with Gasteiger partial charge < -0.3 is 9.80 Å². The van der Waals surface area contributed by atoms with Crippen molar-refractivity contribution >= 4 is 11.8 Å². The van der Waals surface area contributed by atoms with Gasteiger partial charge in [0, 0.05) is 38.7 Å². The second-order valence-corrected chi connectivity index (χ2v) is 8.16. The molecule has 1 aromatic heterocycles. The van der Waals surface area contributed by atoms with Crippen LogP contribution in [0.1, 0.15) is 28.5 Å². The average Bonchev–Trinajstić information content (AvgIpc) is 2.82. The van der Waals surface area contributed by atoms with Crippen molar-refractivity contribution in [1.29, 1.82) is 0 Å². The van der Waals surface area contributed by atoms with Crippen LogP contribution in [0, 0.1) is 12.7 Å². The molecule has 1 aliphatic heterocycles. The molecule has 2 heterocycles. The summed E-state index contributed by atoms with van der Waals surface area (Å²) in [5, 5.41) is 4.14. The monoisotopic (exact) mass is 465 g/mol. The Morgan fingerprint density at radius 3 is 2.29 bits per heavy atom. The van der Waals surface area contributed by atoms with Crippen LogP contribution in [-0.4, -0.2) is 62.1 Å². The van der Waals surface area contributed by atoms with E-state index in [1.807, 2.05) is 13.0 Å². The second kappa shape index (κ2) is 9.42. The molecule has 0 radical (unpaired) electrons. The molecule has 2 aromatic carbocycles. The first-order valence-corrected chi connectivity index (χ1v) is 10.9. The summed E-state index contributed by atoms with van der Waals surface area (Å²) in [6.45, 7) is 4.08. The number of rotatable bonds is 4. The third-order valence-corrected chi connectivity index (χ3v) is 5.81. The van der Waals surface area contributed by atoms with Gasteiger partial charge in [0.15, 0.2) is 0 Å². The van der Waals surface area contributed by atoms with E-state index >= 15 is 0 Å². The molecule has 0 saturated carbocycles. The van der Waals surface area contributed by atoms with Crippen LogP contribution in [0.25, 0.3) is 5.69 Å². The van der Waals surface area contributed by atoms with Gasteiger partial charge >= 0.3 is 5.69 Å². The molecule has 1 aliphatic rings. The topological polar surface area (TPSA) is 97.5 Å². The standard InChI is InChI=1S/C24H24FN5O4/c1-16-6-5-8-19(14-16)30-24(34)29(15-18-7-3-4-9-20(18)25)23(33)21(26-30)22(32)28-12-10-27(11-13-28)17(2)31/h3-9,14H,10-13,15H2,1-2H3. The molecule has 0 atom stereocenters. The number of amides is 2. The van der Waals surface area contributed by atoms with Gasteiger partial charge in [-0.3, -0.25) is 19.0 Å². The van der Waals surface area contributed by atoms with E-state index in [0.29, 0.717) is 18.8 Å². The summed E-state index contributed by atoms with van der Waals surface area (Å²) in [6, 6.07) is 12.7. The van der Waals surface area contributed by atoms with E-state index in [9.17, 15) is 23.6 Å². The van der Waals surface area contributed by atoms with E-state index in [0.717, 1.165) is 14.8 Å². The SMILES string of the molecule is CC(=O)N1CCN(C(=O)c2nn(-c3cccc(C)c3)c(=O)n(Cc3ccccc3F)c2=O)CC1. The summed E-state index contributed by atoms with van der Waals surface area (Å²) in [7, 11) is 0. The Hall–Kier alpha value is -4.08. The van der Waals surface area contributed by atoms with Crippen LogP contribution < -0.4 is 11.2 Å². The highest BCUT2D eigenvalue weighted by molar-refractivity contribution is 5.92. The Morgan fingerprint density at radius 2 is 1.65 bits per heavy atom. The molecule has 176 valence electrons. The first kappa shape index (κ1) is 23.1. The smallest absolute Gasteiger partial charge is 0.339 e. The van der Waals surface area contributed by atoms with Crippen LogP contribution in [0.5, 0.6) is 0 Å². The minimum absolute atomic E-state index is 0.0922. The van der Waals surface area contributed by atoms with Crippen molar-refractivity contribution in [2.45, 2.75) is 20.4 Å². The van der Waals surface area contributed by atoms with E-state index < -0.39 is 28.7 Å². The lowest BCUT2D eigenvalue weighted by molar-refractivity contribution is -0.130. The Bertz CT molecular complexity index is 1370. The van der Waals surface area contributed by atoms with Crippen LogP contribution >= 0.6 is 0 Å². The highest BCUT2D eigenvalue weighted by atomic mass is 19.1. The van der Waals surface area contributed by atoms with E-state index in [1.54, 1.807) is 29.2 Å². The van der Waals surface area contributed by atoms with Crippen LogP contribution in [0.15, 0.2) is 58.1 Å². The van der Waals surface area contributed by atoms with E-state index in [2.05, 4.69) is 5.10 Å². The van der Waals surface area contributed by atoms with Gasteiger partial charge in [-0.1, -0.05) is 30.3 Å². The minimum Gasteiger partial charge on any atom is -0.339 e. The molecule has 3 aromatic rings. The molecular weight excluding hydrogens is 441 g/mol. The Morgan fingerprint density at radius 1 is 0.971 bits per heavy atom. The van der Waals surface area contributed by atoms with Gasteiger partial charge in [-0.15, -0.1) is 0 Å². The number of benzene rings is 2. The second-order valence-electron chi connectivity index (χ2n) is 8.16. The Balaban J connectivity index is 1.81. The lowest BCUT2D eigenvalue weighted by atomic mass is 10.2. The van der Waals surface area contributed by atoms with Gasteiger partial charge in [0.25, 0.3) is 11.5 Å². The molecule has 34 heavy (non-hydrogen) atoms. The maximum atomic E-state index is 14.3. The van der Waals surface area contributed by atoms with Crippen LogP contribution in [0.2, 0.25) is 0 Å². The zero-order valence-electron chi connectivity index (χ0n) is 18.9. The largest absolute Gasteiger partial charge is 0.352 e. The van der Waals surface area contributed by atoms with Crippen molar-refractivity contribution in [3.8, 4) is 5.69 Å². The van der Waals surface area contributed by atoms with Crippen molar-refractivity contribution in [2.24, 2.45) is 0 Å². The first-order chi connectivity index (χ1) is 16.3. The number of piperazine rings is 1. The van der Waals surface area contributed by atoms with E-state index in [4.69, 9.17) is 0 Å². The first-order valence-electron chi connectivity index (χ1n) is 10.9. The Labute approximate surface area is 194 Å². The lowest BCUT2D eigenvalue weighted by Gasteiger charge is -2.33. The molecule has 0 bridgehead atoms. The molecule has 0 spiro atoms. The van der Waals surface area contributed by atoms with Gasteiger partial charge in [-0.25, -0.2) is 9.18 Å². The molecule has 9 nitrogen and oxygen atoms in total. The van der Waals surface area contributed by atoms with E-state index in [-0.39, 0.29) is 31.1 Å². The summed E-state index contributed by atoms with van der Waals surface area (Å²) in [5.74, 6) is -1.30. The van der Waals surface area contributed by atoms with E-state index in [1.165, 1.54) is 30.0 Å². The summed E-state index contributed by atoms with van der Waals surface area (Å²) < 4.78 is 16.1. The molecular formula is C24H24FN5O4. The number of aryl methyl sites for hydroxylation is 1. The molecule has 2 amide bonds. The third kappa shape index (κ3) is 4.52. The van der Waals surface area contributed by atoms with Crippen LogP contribution in [0.4, 0.5) is 4.39 Å². The van der Waals surface area contributed by atoms with Crippen molar-refractivity contribution in [2.75, 3.05) is 26.2 Å². The molecule has 1 fully saturated rings. The zero-order valence-corrected chi connectivity index (χ0v) is 18.9. The van der Waals surface area contributed by atoms with Gasteiger partial charge in [0.2, 0.25) is 11.6 Å². The van der Waals surface area contributed by atoms with Gasteiger partial charge in [0.05, 0.1) is 12.2 Å². The summed E-state index contributed by atoms with van der Waals surface area (Å²) in [5.41, 5.74) is -0.743. The zero-order chi connectivity index (χ0) is 24.4. The van der Waals surface area contributed by atoms with Crippen molar-refractivity contribution < 1.29 is 14.0 Å². The number of halogens is 1. The third-order valence-electron chi connectivity index (χ3n) is 5.81. The Kier molecular flexibility index (Phi) is 6.40. The number of hydrogen-bond acceptors (Lipinski definition) is 5. The predicted molar refractivity (Wildman–Crippen MR) is 122 cm³/mol. The fourth-order valence-electron chi connectivity index (χ4n) is 3.89. The fourth-order valence-corrected chi connectivity index (χ4v) is 3.89. The van der Waals surface area contributed by atoms with Crippen molar-refractivity contribution in [3.63, 3.8) is 0 Å². The summed E-state index contributed by atoms with van der Waals surface area (Å²) in [4.78, 5) is 54.5. The molecule has 10 heteroatoms. The fraction of sp³-hybridized carbons (Fsp3) is 0.292. The maximum absolute atomic E-state index is 14.3. The highest BCUT2D eigenvalue weighted by Gasteiger charge is 2.28. The van der Waals surface area contributed by atoms with Gasteiger partial charge in [0.1, 0.15) is 5.82 Å². The van der Waals surface area contributed by atoms with Crippen molar-refractivity contribution in [1.82, 2.24) is 24.1 Å². The normalized spacial score (nSPS) is 13.7. The number of carbonyl (C=O) groups is 2. The number of aromatic nitrogens is 3. The number of hydrogen-bond donors (Lipinski definition) is 0. The molecule has 1 saturated heterocycles. The quantitative estimate of drug-likeness (QED) is 0.577. The highest BCUT2D eigenvalue weighted by Crippen LogP contribution is 2.10. The summed E-state index contributed by atoms with van der Waals surface area (Å²) >= 11 is 0. The molecule has 4 rings (SSSR count). The molecule has 0 N–H and O–H groups in total. The average molecular weight is 465 g/mol. The molecule has 0 aliphatic carbocycles. The van der Waals surface area contributed by atoms with Gasteiger partial charge in [-0.2, -0.15) is 9.78 Å². The minimum atomic E-state index is -0.892. The number of nitrogens with zero attached hydrogens (tertiary/aromatic N) is 5. The van der Waals surface area contributed by atoms with Gasteiger partial charge in [-0.05, 0) is 30.7 Å². The van der Waals surface area contributed by atoms with Crippen molar-refractivity contribution in [3.05, 3.63) is 92.0 Å². The maximum Gasteiger partial charge on any atom is 0.352 e. The molecule has 0 unspecified atom stereocenters. The van der Waals surface area contributed by atoms with Crippen LogP contribution in [-0.2, 0) is 11.3 Å².